The Kier molecular flexibility index (Phi) is 4.93. The molecule has 2 aromatic rings. The molecule has 1 N–H and O–H groups in total. The Balaban J connectivity index is 0.00000161. The molecule has 0 aliphatic carbocycles. The minimum atomic E-state index is 0. The van der Waals surface area contributed by atoms with Gasteiger partial charge in [-0.25, -0.2) is 0 Å². The van der Waals surface area contributed by atoms with Crippen LogP contribution in [-0.4, -0.2) is 46.6 Å². The van der Waals surface area contributed by atoms with Crippen LogP contribution in [0, 0.1) is 0 Å². The van der Waals surface area contributed by atoms with Crippen LogP contribution in [0.3, 0.4) is 0 Å². The fraction of sp³-hybridized carbons (Fsp3) is 0.357. The first-order chi connectivity index (χ1) is 9.74. The second kappa shape index (κ2) is 6.69. The average molecular weight is 309 g/mol. The van der Waals surface area contributed by atoms with Crippen LogP contribution in [0.25, 0.3) is 11.4 Å². The largest absolute Gasteiger partial charge is 0.342 e. The topological polar surface area (TPSA) is 71.3 Å². The van der Waals surface area contributed by atoms with Crippen LogP contribution in [0.15, 0.2) is 35.2 Å². The summed E-state index contributed by atoms with van der Waals surface area (Å²) < 4.78 is 4.71. The molecule has 1 atom stereocenters. The third kappa shape index (κ3) is 3.40. The molecule has 1 saturated heterocycles. The van der Waals surface area contributed by atoms with Crippen molar-refractivity contribution >= 4 is 18.3 Å². The molecule has 7 heteroatoms. The summed E-state index contributed by atoms with van der Waals surface area (Å²) in [5.74, 6) is 0.595. The SMILES string of the molecule is CC1CN(C(=O)c2ccc(-c3ncon3)cc2)CCN1.Cl. The van der Waals surface area contributed by atoms with E-state index in [-0.39, 0.29) is 18.3 Å². The number of nitrogens with zero attached hydrogens (tertiary/aromatic N) is 3. The molecule has 112 valence electrons. The minimum Gasteiger partial charge on any atom is -0.342 e. The van der Waals surface area contributed by atoms with Crippen LogP contribution < -0.4 is 5.32 Å². The summed E-state index contributed by atoms with van der Waals surface area (Å²) in [6.07, 6.45) is 1.29. The van der Waals surface area contributed by atoms with Gasteiger partial charge in [-0.2, -0.15) is 4.98 Å². The Hall–Kier alpha value is -1.92. The van der Waals surface area contributed by atoms with Crippen molar-refractivity contribution in [3.05, 3.63) is 36.2 Å². The molecule has 0 saturated carbocycles. The van der Waals surface area contributed by atoms with E-state index in [1.165, 1.54) is 6.39 Å². The third-order valence-electron chi connectivity index (χ3n) is 3.41. The Morgan fingerprint density at radius 2 is 2.14 bits per heavy atom. The van der Waals surface area contributed by atoms with E-state index in [4.69, 9.17) is 4.52 Å². The van der Waals surface area contributed by atoms with Crippen molar-refractivity contribution in [2.75, 3.05) is 19.6 Å². The lowest BCUT2D eigenvalue weighted by Crippen LogP contribution is -2.51. The van der Waals surface area contributed by atoms with Gasteiger partial charge in [0.25, 0.3) is 5.91 Å². The first-order valence-corrected chi connectivity index (χ1v) is 6.63. The standard InChI is InChI=1S/C14H16N4O2.ClH/c1-10-8-18(7-6-15-10)14(19)12-4-2-11(3-5-12)13-16-9-20-17-13;/h2-5,9-10,15H,6-8H2,1H3;1H. The van der Waals surface area contributed by atoms with Gasteiger partial charge in [-0.3, -0.25) is 4.79 Å². The highest BCUT2D eigenvalue weighted by atomic mass is 35.5. The fourth-order valence-corrected chi connectivity index (χ4v) is 2.36. The van der Waals surface area contributed by atoms with Crippen LogP contribution >= 0.6 is 12.4 Å². The fourth-order valence-electron chi connectivity index (χ4n) is 2.36. The number of aromatic nitrogens is 2. The molecule has 2 heterocycles. The number of hydrogen-bond donors (Lipinski definition) is 1. The Morgan fingerprint density at radius 1 is 1.38 bits per heavy atom. The number of carbonyl (C=O) groups is 1. The maximum absolute atomic E-state index is 12.4. The number of halogens is 1. The third-order valence-corrected chi connectivity index (χ3v) is 3.41. The molecule has 1 unspecified atom stereocenters. The molecule has 1 aromatic carbocycles. The second-order valence-electron chi connectivity index (χ2n) is 4.94. The summed E-state index contributed by atoms with van der Waals surface area (Å²) in [6.45, 7) is 4.41. The van der Waals surface area contributed by atoms with Gasteiger partial charge < -0.3 is 14.7 Å². The smallest absolute Gasteiger partial charge is 0.253 e. The number of hydrogen-bond acceptors (Lipinski definition) is 5. The van der Waals surface area contributed by atoms with Crippen molar-refractivity contribution in [3.63, 3.8) is 0 Å². The lowest BCUT2D eigenvalue weighted by Gasteiger charge is -2.32. The van der Waals surface area contributed by atoms with Gasteiger partial charge in [0.15, 0.2) is 0 Å². The Morgan fingerprint density at radius 3 is 2.76 bits per heavy atom. The predicted octanol–water partition coefficient (Wildman–Crippen LogP) is 1.59. The molecule has 1 fully saturated rings. The van der Waals surface area contributed by atoms with Crippen LogP contribution in [0.2, 0.25) is 0 Å². The van der Waals surface area contributed by atoms with Crippen molar-refractivity contribution in [3.8, 4) is 11.4 Å². The quantitative estimate of drug-likeness (QED) is 0.912. The maximum Gasteiger partial charge on any atom is 0.253 e. The summed E-state index contributed by atoms with van der Waals surface area (Å²) in [5, 5.41) is 7.10. The van der Waals surface area contributed by atoms with Gasteiger partial charge in [-0.05, 0) is 19.1 Å². The van der Waals surface area contributed by atoms with Crippen molar-refractivity contribution in [2.45, 2.75) is 13.0 Å². The van der Waals surface area contributed by atoms with E-state index in [2.05, 4.69) is 22.4 Å². The van der Waals surface area contributed by atoms with E-state index in [9.17, 15) is 4.79 Å². The first kappa shape index (κ1) is 15.5. The van der Waals surface area contributed by atoms with Gasteiger partial charge >= 0.3 is 0 Å². The van der Waals surface area contributed by atoms with E-state index in [1.807, 2.05) is 17.0 Å². The molecule has 21 heavy (non-hydrogen) atoms. The molecule has 1 aliphatic rings. The second-order valence-corrected chi connectivity index (χ2v) is 4.94. The highest BCUT2D eigenvalue weighted by Gasteiger charge is 2.21. The number of piperazine rings is 1. The van der Waals surface area contributed by atoms with E-state index in [1.54, 1.807) is 12.1 Å². The maximum atomic E-state index is 12.4. The molecule has 0 spiro atoms. The number of amides is 1. The van der Waals surface area contributed by atoms with Crippen molar-refractivity contribution in [1.29, 1.82) is 0 Å². The normalized spacial score (nSPS) is 18.1. The number of nitrogens with one attached hydrogen (secondary N) is 1. The van der Waals surface area contributed by atoms with E-state index in [0.29, 0.717) is 17.4 Å². The van der Waals surface area contributed by atoms with Crippen molar-refractivity contribution in [1.82, 2.24) is 20.4 Å². The summed E-state index contributed by atoms with van der Waals surface area (Å²) in [4.78, 5) is 18.3. The molecule has 3 rings (SSSR count). The molecule has 1 amide bonds. The number of carbonyl (C=O) groups excluding carboxylic acids is 1. The van der Waals surface area contributed by atoms with Crippen LogP contribution in [0.1, 0.15) is 17.3 Å². The van der Waals surface area contributed by atoms with E-state index in [0.717, 1.165) is 25.2 Å². The van der Waals surface area contributed by atoms with E-state index < -0.39 is 0 Å². The zero-order valence-corrected chi connectivity index (χ0v) is 12.5. The molecular weight excluding hydrogens is 292 g/mol. The summed E-state index contributed by atoms with van der Waals surface area (Å²) in [5.41, 5.74) is 1.52. The number of rotatable bonds is 2. The zero-order valence-electron chi connectivity index (χ0n) is 11.7. The lowest BCUT2D eigenvalue weighted by atomic mass is 10.1. The lowest BCUT2D eigenvalue weighted by molar-refractivity contribution is 0.0709. The van der Waals surface area contributed by atoms with Crippen molar-refractivity contribution < 1.29 is 9.32 Å². The highest BCUT2D eigenvalue weighted by Crippen LogP contribution is 2.16. The molecule has 6 nitrogen and oxygen atoms in total. The molecule has 0 radical (unpaired) electrons. The van der Waals surface area contributed by atoms with E-state index >= 15 is 0 Å². The minimum absolute atomic E-state index is 0. The van der Waals surface area contributed by atoms with Gasteiger partial charge in [0.1, 0.15) is 0 Å². The molecule has 1 aliphatic heterocycles. The van der Waals surface area contributed by atoms with Gasteiger partial charge in [0, 0.05) is 36.8 Å². The zero-order chi connectivity index (χ0) is 13.9. The highest BCUT2D eigenvalue weighted by molar-refractivity contribution is 5.94. The van der Waals surface area contributed by atoms with Gasteiger partial charge in [-0.15, -0.1) is 12.4 Å². The first-order valence-electron chi connectivity index (χ1n) is 6.63. The average Bonchev–Trinajstić information content (AvgIpc) is 3.01. The molecule has 0 bridgehead atoms. The summed E-state index contributed by atoms with van der Waals surface area (Å²) in [7, 11) is 0. The predicted molar refractivity (Wildman–Crippen MR) is 80.4 cm³/mol. The Bertz CT molecular complexity index is 586. The van der Waals surface area contributed by atoms with Crippen LogP contribution in [0.5, 0.6) is 0 Å². The van der Waals surface area contributed by atoms with Gasteiger partial charge in [-0.1, -0.05) is 17.3 Å². The molecular formula is C14H17ClN4O2. The number of benzene rings is 1. The van der Waals surface area contributed by atoms with Crippen LogP contribution in [-0.2, 0) is 0 Å². The summed E-state index contributed by atoms with van der Waals surface area (Å²) in [6, 6.07) is 7.63. The van der Waals surface area contributed by atoms with Crippen molar-refractivity contribution in [2.24, 2.45) is 0 Å². The summed E-state index contributed by atoms with van der Waals surface area (Å²) >= 11 is 0. The monoisotopic (exact) mass is 308 g/mol. The molecule has 1 aromatic heterocycles. The van der Waals surface area contributed by atoms with Crippen LogP contribution in [0.4, 0.5) is 0 Å². The van der Waals surface area contributed by atoms with Gasteiger partial charge in [0.05, 0.1) is 0 Å². The van der Waals surface area contributed by atoms with Gasteiger partial charge in [0.2, 0.25) is 12.2 Å². The Labute approximate surface area is 128 Å².